The fraction of sp³-hybridized carbons (Fsp3) is 0.897. The van der Waals surface area contributed by atoms with E-state index in [1.54, 1.807) is 0 Å². The molecule has 74 heavy (non-hydrogen) atoms. The maximum Gasteiger partial charge on any atom is 0.306 e. The van der Waals surface area contributed by atoms with Gasteiger partial charge in [-0.1, -0.05) is 328 Å². The van der Waals surface area contributed by atoms with E-state index in [2.05, 4.69) is 45.1 Å². The van der Waals surface area contributed by atoms with Crippen molar-refractivity contribution in [3.05, 3.63) is 24.3 Å². The smallest absolute Gasteiger partial charge is 0.306 e. The maximum atomic E-state index is 12.8. The highest BCUT2D eigenvalue weighted by atomic mass is 16.6. The Morgan fingerprint density at radius 3 is 0.743 bits per heavy atom. The quantitative estimate of drug-likeness (QED) is 0.0261. The van der Waals surface area contributed by atoms with Crippen LogP contribution in [0, 0.1) is 0 Å². The summed E-state index contributed by atoms with van der Waals surface area (Å²) in [6, 6.07) is 0. The molecule has 0 spiro atoms. The Kier molecular flexibility index (Phi) is 61.6. The second kappa shape index (κ2) is 63.4. The molecule has 0 rings (SSSR count). The third-order valence-corrected chi connectivity index (χ3v) is 15.2. The van der Waals surface area contributed by atoms with Crippen molar-refractivity contribution >= 4 is 17.9 Å². The Bertz CT molecular complexity index is 1190. The highest BCUT2D eigenvalue weighted by molar-refractivity contribution is 5.71. The van der Waals surface area contributed by atoms with E-state index < -0.39 is 6.10 Å². The number of rotatable bonds is 62. The van der Waals surface area contributed by atoms with Gasteiger partial charge in [-0.3, -0.25) is 14.4 Å². The van der Waals surface area contributed by atoms with Gasteiger partial charge < -0.3 is 14.2 Å². The van der Waals surface area contributed by atoms with Crippen molar-refractivity contribution in [2.75, 3.05) is 13.2 Å². The largest absolute Gasteiger partial charge is 0.462 e. The number of esters is 3. The predicted molar refractivity (Wildman–Crippen MR) is 321 cm³/mol. The van der Waals surface area contributed by atoms with Crippen LogP contribution in [-0.4, -0.2) is 37.2 Å². The van der Waals surface area contributed by atoms with E-state index in [1.807, 2.05) is 0 Å². The van der Waals surface area contributed by atoms with Crippen LogP contribution in [0.2, 0.25) is 0 Å². The molecular weight excluding hydrogens is 913 g/mol. The molecule has 0 aromatic heterocycles. The first kappa shape index (κ1) is 71.9. The normalized spacial score (nSPS) is 12.1. The summed E-state index contributed by atoms with van der Waals surface area (Å²) in [5.41, 5.74) is 0. The lowest BCUT2D eigenvalue weighted by Gasteiger charge is -2.18. The van der Waals surface area contributed by atoms with Crippen LogP contribution < -0.4 is 0 Å². The summed E-state index contributed by atoms with van der Waals surface area (Å²) in [5, 5.41) is 0. The van der Waals surface area contributed by atoms with Gasteiger partial charge in [0.05, 0.1) is 0 Å². The van der Waals surface area contributed by atoms with Crippen LogP contribution in [0.15, 0.2) is 24.3 Å². The Morgan fingerprint density at radius 2 is 0.486 bits per heavy atom. The minimum atomic E-state index is -0.764. The van der Waals surface area contributed by atoms with Crippen molar-refractivity contribution < 1.29 is 28.6 Å². The molecule has 0 saturated carbocycles. The van der Waals surface area contributed by atoms with Gasteiger partial charge in [-0.2, -0.15) is 0 Å². The molecule has 0 heterocycles. The Morgan fingerprint density at radius 1 is 0.270 bits per heavy atom. The van der Waals surface area contributed by atoms with Crippen molar-refractivity contribution in [3.63, 3.8) is 0 Å². The van der Waals surface area contributed by atoms with Crippen molar-refractivity contribution in [1.29, 1.82) is 0 Å². The molecule has 0 N–H and O–H groups in total. The second-order valence-electron chi connectivity index (χ2n) is 22.7. The van der Waals surface area contributed by atoms with Crippen LogP contribution in [-0.2, 0) is 28.6 Å². The summed E-state index contributed by atoms with van der Waals surface area (Å²) in [4.78, 5) is 38.0. The van der Waals surface area contributed by atoms with Crippen molar-refractivity contribution in [1.82, 2.24) is 0 Å². The lowest BCUT2D eigenvalue weighted by Crippen LogP contribution is -2.30. The van der Waals surface area contributed by atoms with E-state index in [9.17, 15) is 14.4 Å². The SMILES string of the molecule is CCCCCCC/C=C\C/C=C\CCCCCCCCCCCCCCCCCCCC(=O)OCC(COC(=O)CCCCCCCC)OC(=O)CCCCCCCCCCCCCCCCCCCCCCC. The van der Waals surface area contributed by atoms with Crippen molar-refractivity contribution in [2.45, 2.75) is 380 Å². The summed E-state index contributed by atoms with van der Waals surface area (Å²) in [7, 11) is 0. The molecule has 0 aliphatic carbocycles. The fourth-order valence-corrected chi connectivity index (χ4v) is 10.2. The van der Waals surface area contributed by atoms with E-state index in [4.69, 9.17) is 14.2 Å². The molecule has 0 aliphatic heterocycles. The predicted octanol–water partition coefficient (Wildman–Crippen LogP) is 22.6. The minimum Gasteiger partial charge on any atom is -0.462 e. The second-order valence-corrected chi connectivity index (χ2v) is 22.7. The average Bonchev–Trinajstić information content (AvgIpc) is 3.40. The molecule has 0 fully saturated rings. The van der Waals surface area contributed by atoms with Crippen LogP contribution in [0.4, 0.5) is 0 Å². The van der Waals surface area contributed by atoms with E-state index in [0.717, 1.165) is 64.2 Å². The van der Waals surface area contributed by atoms with Crippen LogP contribution in [0.5, 0.6) is 0 Å². The molecule has 0 bridgehead atoms. The van der Waals surface area contributed by atoms with Gasteiger partial charge in [0.1, 0.15) is 13.2 Å². The molecule has 0 aromatic carbocycles. The lowest BCUT2D eigenvalue weighted by atomic mass is 10.0. The zero-order valence-electron chi connectivity index (χ0n) is 50.1. The first-order valence-corrected chi connectivity index (χ1v) is 33.3. The molecule has 6 heteroatoms. The summed E-state index contributed by atoms with van der Waals surface area (Å²) in [5.74, 6) is -0.848. The number of ether oxygens (including phenoxy) is 3. The summed E-state index contributed by atoms with van der Waals surface area (Å²) < 4.78 is 16.8. The lowest BCUT2D eigenvalue weighted by molar-refractivity contribution is -0.167. The topological polar surface area (TPSA) is 78.9 Å². The molecule has 0 radical (unpaired) electrons. The molecule has 0 aliphatic rings. The molecule has 436 valence electrons. The van der Waals surface area contributed by atoms with Crippen LogP contribution in [0.1, 0.15) is 374 Å². The fourth-order valence-electron chi connectivity index (χ4n) is 10.2. The number of carbonyl (C=O) groups is 3. The van der Waals surface area contributed by atoms with Gasteiger partial charge in [0.2, 0.25) is 0 Å². The number of carbonyl (C=O) groups excluding carboxylic acids is 3. The van der Waals surface area contributed by atoms with E-state index in [-0.39, 0.29) is 31.1 Å². The summed E-state index contributed by atoms with van der Waals surface area (Å²) >= 11 is 0. The van der Waals surface area contributed by atoms with E-state index >= 15 is 0 Å². The van der Waals surface area contributed by atoms with Gasteiger partial charge >= 0.3 is 17.9 Å². The zero-order chi connectivity index (χ0) is 53.6. The van der Waals surface area contributed by atoms with Gasteiger partial charge in [-0.25, -0.2) is 0 Å². The Hall–Kier alpha value is -2.11. The van der Waals surface area contributed by atoms with E-state index in [1.165, 1.54) is 270 Å². The van der Waals surface area contributed by atoms with Gasteiger partial charge in [0.25, 0.3) is 0 Å². The highest BCUT2D eigenvalue weighted by Crippen LogP contribution is 2.18. The van der Waals surface area contributed by atoms with Gasteiger partial charge in [0.15, 0.2) is 6.10 Å². The van der Waals surface area contributed by atoms with Gasteiger partial charge in [0, 0.05) is 19.3 Å². The Balaban J connectivity index is 3.98. The molecule has 0 aromatic rings. The minimum absolute atomic E-state index is 0.0650. The summed E-state index contributed by atoms with van der Waals surface area (Å²) in [6.45, 7) is 6.64. The first-order valence-electron chi connectivity index (χ1n) is 33.3. The number of unbranched alkanes of at least 4 members (excludes halogenated alkanes) is 47. The van der Waals surface area contributed by atoms with Gasteiger partial charge in [-0.15, -0.1) is 0 Å². The van der Waals surface area contributed by atoms with Crippen LogP contribution in [0.3, 0.4) is 0 Å². The first-order chi connectivity index (χ1) is 36.5. The van der Waals surface area contributed by atoms with Crippen LogP contribution >= 0.6 is 0 Å². The van der Waals surface area contributed by atoms with Gasteiger partial charge in [-0.05, 0) is 51.4 Å². The Labute approximate surface area is 462 Å². The molecule has 6 nitrogen and oxygen atoms in total. The molecule has 1 atom stereocenters. The van der Waals surface area contributed by atoms with E-state index in [0.29, 0.717) is 19.3 Å². The van der Waals surface area contributed by atoms with Crippen molar-refractivity contribution in [3.8, 4) is 0 Å². The molecule has 0 saturated heterocycles. The number of hydrogen-bond donors (Lipinski definition) is 0. The molecule has 1 unspecified atom stereocenters. The average molecular weight is 1040 g/mol. The molecule has 0 amide bonds. The standard InChI is InChI=1S/C68H128O6/c1-4-7-10-13-16-18-20-22-24-26-28-30-31-32-33-34-35-36-37-39-40-42-44-46-48-50-52-55-58-61-67(70)73-64-65(63-72-66(69)60-57-54-15-12-9-6-3)74-68(71)62-59-56-53-51-49-47-45-43-41-38-29-27-25-23-21-19-17-14-11-8-5-2/h20,22,26,28,65H,4-19,21,23-25,27,29-64H2,1-3H3/b22-20-,28-26-. The highest BCUT2D eigenvalue weighted by Gasteiger charge is 2.19. The van der Waals surface area contributed by atoms with Crippen LogP contribution in [0.25, 0.3) is 0 Å². The number of hydrogen-bond acceptors (Lipinski definition) is 6. The maximum absolute atomic E-state index is 12.8. The third-order valence-electron chi connectivity index (χ3n) is 15.2. The number of allylic oxidation sites excluding steroid dienone is 4. The van der Waals surface area contributed by atoms with Crippen molar-refractivity contribution in [2.24, 2.45) is 0 Å². The monoisotopic (exact) mass is 1040 g/mol. The summed E-state index contributed by atoms with van der Waals surface area (Å²) in [6.07, 6.45) is 76.7. The third kappa shape index (κ3) is 60.8. The molecular formula is C68H128O6. The zero-order valence-corrected chi connectivity index (χ0v) is 50.1.